The number of hydrogen-bond donors (Lipinski definition) is 1. The Balaban J connectivity index is 2.19. The van der Waals surface area contributed by atoms with Crippen LogP contribution in [0.3, 0.4) is 0 Å². The minimum absolute atomic E-state index is 0.0390. The molecule has 4 nitrogen and oxygen atoms in total. The smallest absolute Gasteiger partial charge is 0.257 e. The van der Waals surface area contributed by atoms with Crippen molar-refractivity contribution in [3.05, 3.63) is 28.2 Å². The van der Waals surface area contributed by atoms with Crippen LogP contribution in [0.15, 0.2) is 22.7 Å². The van der Waals surface area contributed by atoms with E-state index in [-0.39, 0.29) is 5.91 Å². The number of methoxy groups -OCH3 is 1. The van der Waals surface area contributed by atoms with Crippen molar-refractivity contribution in [3.63, 3.8) is 0 Å². The molecule has 1 aliphatic rings. The summed E-state index contributed by atoms with van der Waals surface area (Å²) >= 11 is 3.38. The predicted octanol–water partition coefficient (Wildman–Crippen LogP) is 1.89. The summed E-state index contributed by atoms with van der Waals surface area (Å²) < 4.78 is 6.17. The van der Waals surface area contributed by atoms with E-state index in [1.165, 1.54) is 0 Å². The monoisotopic (exact) mass is 312 g/mol. The maximum atomic E-state index is 12.4. The number of amides is 1. The zero-order valence-electron chi connectivity index (χ0n) is 10.6. The van der Waals surface area contributed by atoms with E-state index in [9.17, 15) is 4.79 Å². The molecule has 1 aromatic rings. The highest BCUT2D eigenvalue weighted by Gasteiger charge is 2.27. The van der Waals surface area contributed by atoms with Crippen LogP contribution in [0.4, 0.5) is 0 Å². The fourth-order valence-electron chi connectivity index (χ4n) is 2.19. The molecule has 1 atom stereocenters. The maximum absolute atomic E-state index is 12.4. The third kappa shape index (κ3) is 2.67. The Labute approximate surface area is 115 Å². The van der Waals surface area contributed by atoms with Crippen LogP contribution in [-0.2, 0) is 0 Å². The number of ether oxygens (including phenoxy) is 1. The first-order valence-electron chi connectivity index (χ1n) is 5.95. The standard InChI is InChI=1S/C13H17BrN2O2/c1-15-10-5-6-16(8-10)13(17)11-4-3-9(14)7-12(11)18-2/h3-4,7,10,15H,5-6,8H2,1-2H3. The number of carbonyl (C=O) groups is 1. The first-order valence-corrected chi connectivity index (χ1v) is 6.75. The van der Waals surface area contributed by atoms with E-state index in [4.69, 9.17) is 4.74 Å². The fourth-order valence-corrected chi connectivity index (χ4v) is 2.53. The average Bonchev–Trinajstić information content (AvgIpc) is 2.86. The van der Waals surface area contributed by atoms with E-state index in [0.717, 1.165) is 24.0 Å². The van der Waals surface area contributed by atoms with Gasteiger partial charge in [-0.05, 0) is 31.7 Å². The molecule has 1 amide bonds. The van der Waals surface area contributed by atoms with Gasteiger partial charge in [0.2, 0.25) is 0 Å². The highest BCUT2D eigenvalue weighted by Crippen LogP contribution is 2.25. The topological polar surface area (TPSA) is 41.6 Å². The third-order valence-corrected chi connectivity index (χ3v) is 3.77. The van der Waals surface area contributed by atoms with Gasteiger partial charge in [0.05, 0.1) is 12.7 Å². The van der Waals surface area contributed by atoms with Crippen molar-refractivity contribution in [1.29, 1.82) is 0 Å². The lowest BCUT2D eigenvalue weighted by molar-refractivity contribution is 0.0786. The van der Waals surface area contributed by atoms with E-state index < -0.39 is 0 Å². The molecule has 98 valence electrons. The number of rotatable bonds is 3. The molecule has 0 saturated carbocycles. The van der Waals surface area contributed by atoms with E-state index in [1.54, 1.807) is 13.2 Å². The normalized spacial score (nSPS) is 19.1. The molecule has 1 fully saturated rings. The number of carbonyl (C=O) groups excluding carboxylic acids is 1. The lowest BCUT2D eigenvalue weighted by Gasteiger charge is -2.18. The fraction of sp³-hybridized carbons (Fsp3) is 0.462. The van der Waals surface area contributed by atoms with Crippen molar-refractivity contribution in [3.8, 4) is 5.75 Å². The number of nitrogens with zero attached hydrogens (tertiary/aromatic N) is 1. The molecule has 1 saturated heterocycles. The summed E-state index contributed by atoms with van der Waals surface area (Å²) in [5, 5.41) is 3.21. The Hall–Kier alpha value is -1.07. The first-order chi connectivity index (χ1) is 8.65. The molecule has 0 radical (unpaired) electrons. The van der Waals surface area contributed by atoms with Crippen molar-refractivity contribution in [2.45, 2.75) is 12.5 Å². The summed E-state index contributed by atoms with van der Waals surface area (Å²) in [4.78, 5) is 14.3. The zero-order chi connectivity index (χ0) is 13.1. The second-order valence-electron chi connectivity index (χ2n) is 4.37. The van der Waals surface area contributed by atoms with Gasteiger partial charge < -0.3 is 15.0 Å². The van der Waals surface area contributed by atoms with Gasteiger partial charge in [0.15, 0.2) is 0 Å². The molecule has 2 rings (SSSR count). The molecule has 0 spiro atoms. The number of hydrogen-bond acceptors (Lipinski definition) is 3. The summed E-state index contributed by atoms with van der Waals surface area (Å²) in [6, 6.07) is 5.88. The Morgan fingerprint density at radius 3 is 2.94 bits per heavy atom. The predicted molar refractivity (Wildman–Crippen MR) is 74.1 cm³/mol. The molecule has 0 bridgehead atoms. The van der Waals surface area contributed by atoms with Crippen molar-refractivity contribution in [1.82, 2.24) is 10.2 Å². The Morgan fingerprint density at radius 1 is 1.56 bits per heavy atom. The summed E-state index contributed by atoms with van der Waals surface area (Å²) in [6.07, 6.45) is 1.00. The van der Waals surface area contributed by atoms with Crippen molar-refractivity contribution >= 4 is 21.8 Å². The summed E-state index contributed by atoms with van der Waals surface area (Å²) in [6.45, 7) is 1.55. The second kappa shape index (κ2) is 5.71. The molecule has 5 heteroatoms. The van der Waals surface area contributed by atoms with Crippen LogP contribution in [-0.4, -0.2) is 44.1 Å². The van der Waals surface area contributed by atoms with Gasteiger partial charge in [0.25, 0.3) is 5.91 Å². The van der Waals surface area contributed by atoms with Crippen molar-refractivity contribution < 1.29 is 9.53 Å². The van der Waals surface area contributed by atoms with Crippen LogP contribution < -0.4 is 10.1 Å². The highest BCUT2D eigenvalue weighted by atomic mass is 79.9. The van der Waals surface area contributed by atoms with Gasteiger partial charge in [-0.1, -0.05) is 15.9 Å². The highest BCUT2D eigenvalue weighted by molar-refractivity contribution is 9.10. The Morgan fingerprint density at radius 2 is 2.33 bits per heavy atom. The molecule has 1 aliphatic heterocycles. The van der Waals surface area contributed by atoms with Gasteiger partial charge >= 0.3 is 0 Å². The van der Waals surface area contributed by atoms with Crippen molar-refractivity contribution in [2.75, 3.05) is 27.2 Å². The molecular formula is C13H17BrN2O2. The lowest BCUT2D eigenvalue weighted by Crippen LogP contribution is -2.33. The quantitative estimate of drug-likeness (QED) is 0.926. The SMILES string of the molecule is CNC1CCN(C(=O)c2ccc(Br)cc2OC)C1. The van der Waals surface area contributed by atoms with Crippen LogP contribution in [0.2, 0.25) is 0 Å². The molecule has 1 aromatic carbocycles. The van der Waals surface area contributed by atoms with E-state index in [2.05, 4.69) is 21.2 Å². The molecule has 1 heterocycles. The van der Waals surface area contributed by atoms with E-state index in [1.807, 2.05) is 24.1 Å². The summed E-state index contributed by atoms with van der Waals surface area (Å²) in [5.41, 5.74) is 0.623. The van der Waals surface area contributed by atoms with Crippen LogP contribution >= 0.6 is 15.9 Å². The minimum Gasteiger partial charge on any atom is -0.496 e. The largest absolute Gasteiger partial charge is 0.496 e. The lowest BCUT2D eigenvalue weighted by atomic mass is 10.2. The molecule has 1 N–H and O–H groups in total. The van der Waals surface area contributed by atoms with Crippen LogP contribution in [0.25, 0.3) is 0 Å². The van der Waals surface area contributed by atoms with Gasteiger partial charge in [0, 0.05) is 23.6 Å². The molecule has 1 unspecified atom stereocenters. The zero-order valence-corrected chi connectivity index (χ0v) is 12.2. The number of nitrogens with one attached hydrogen (secondary N) is 1. The molecule has 0 aliphatic carbocycles. The number of benzene rings is 1. The van der Waals surface area contributed by atoms with Gasteiger partial charge in [-0.2, -0.15) is 0 Å². The van der Waals surface area contributed by atoms with Crippen LogP contribution in [0.5, 0.6) is 5.75 Å². The number of likely N-dealkylation sites (tertiary alicyclic amines) is 1. The van der Waals surface area contributed by atoms with E-state index in [0.29, 0.717) is 17.4 Å². The molecule has 0 aromatic heterocycles. The van der Waals surface area contributed by atoms with Gasteiger partial charge in [0.1, 0.15) is 5.75 Å². The first kappa shape index (κ1) is 13.4. The minimum atomic E-state index is 0.0390. The third-order valence-electron chi connectivity index (χ3n) is 3.28. The summed E-state index contributed by atoms with van der Waals surface area (Å²) in [7, 11) is 3.51. The molecular weight excluding hydrogens is 296 g/mol. The van der Waals surface area contributed by atoms with Gasteiger partial charge in [-0.25, -0.2) is 0 Å². The number of likely N-dealkylation sites (N-methyl/N-ethyl adjacent to an activating group) is 1. The van der Waals surface area contributed by atoms with Crippen LogP contribution in [0.1, 0.15) is 16.8 Å². The number of halogens is 1. The van der Waals surface area contributed by atoms with Crippen LogP contribution in [0, 0.1) is 0 Å². The molecule has 18 heavy (non-hydrogen) atoms. The maximum Gasteiger partial charge on any atom is 0.257 e. The van der Waals surface area contributed by atoms with Gasteiger partial charge in [-0.3, -0.25) is 4.79 Å². The Bertz CT molecular complexity index is 451. The Kier molecular flexibility index (Phi) is 4.24. The summed E-state index contributed by atoms with van der Waals surface area (Å²) in [5.74, 6) is 0.652. The van der Waals surface area contributed by atoms with Crippen molar-refractivity contribution in [2.24, 2.45) is 0 Å². The van der Waals surface area contributed by atoms with E-state index >= 15 is 0 Å². The average molecular weight is 313 g/mol. The van der Waals surface area contributed by atoms with Gasteiger partial charge in [-0.15, -0.1) is 0 Å². The second-order valence-corrected chi connectivity index (χ2v) is 5.29.